The lowest BCUT2D eigenvalue weighted by atomic mass is 10.1. The molecule has 2 rings (SSSR count). The van der Waals surface area contributed by atoms with Gasteiger partial charge in [-0.25, -0.2) is 4.98 Å². The van der Waals surface area contributed by atoms with Gasteiger partial charge in [-0.05, 0) is 44.7 Å². The average Bonchev–Trinajstić information content (AvgIpc) is 2.93. The van der Waals surface area contributed by atoms with Crippen LogP contribution in [0.3, 0.4) is 0 Å². The molecule has 0 spiro atoms. The summed E-state index contributed by atoms with van der Waals surface area (Å²) in [5.74, 6) is 0.745. The minimum atomic E-state index is 0.00481. The monoisotopic (exact) mass is 277 g/mol. The van der Waals surface area contributed by atoms with Crippen LogP contribution in [0.15, 0.2) is 18.2 Å². The lowest BCUT2D eigenvalue weighted by molar-refractivity contribution is 0.0718. The number of hydrogen-bond donors (Lipinski definition) is 2. The van der Waals surface area contributed by atoms with Crippen molar-refractivity contribution in [2.24, 2.45) is 0 Å². The first kappa shape index (κ1) is 14.8. The van der Waals surface area contributed by atoms with Crippen LogP contribution in [0.5, 0.6) is 0 Å². The number of nitrogens with zero attached hydrogens (tertiary/aromatic N) is 2. The van der Waals surface area contributed by atoms with Crippen molar-refractivity contribution in [2.45, 2.75) is 38.6 Å². The molecule has 2 N–H and O–H groups in total. The molecule has 1 atom stereocenters. The second-order valence-electron chi connectivity index (χ2n) is 5.10. The number of amides is 1. The van der Waals surface area contributed by atoms with Crippen LogP contribution in [-0.2, 0) is 0 Å². The van der Waals surface area contributed by atoms with Gasteiger partial charge in [0.25, 0.3) is 5.91 Å². The lowest BCUT2D eigenvalue weighted by Crippen LogP contribution is -2.36. The third-order valence-corrected chi connectivity index (χ3v) is 3.66. The van der Waals surface area contributed by atoms with Gasteiger partial charge in [-0.3, -0.25) is 4.79 Å². The maximum Gasteiger partial charge on any atom is 0.272 e. The molecule has 1 amide bonds. The number of rotatable bonds is 6. The molecule has 5 nitrogen and oxygen atoms in total. The molecule has 110 valence electrons. The zero-order valence-corrected chi connectivity index (χ0v) is 12.0. The Morgan fingerprint density at radius 3 is 3.15 bits per heavy atom. The van der Waals surface area contributed by atoms with Crippen molar-refractivity contribution in [3.63, 3.8) is 0 Å². The minimum Gasteiger partial charge on any atom is -0.396 e. The molecule has 2 heterocycles. The summed E-state index contributed by atoms with van der Waals surface area (Å²) in [5, 5.41) is 12.1. The SMILES string of the molecule is CCNc1cccc(C(=O)N2CCCC2CCCO)n1. The van der Waals surface area contributed by atoms with E-state index in [1.807, 2.05) is 24.0 Å². The Morgan fingerprint density at radius 1 is 1.55 bits per heavy atom. The van der Waals surface area contributed by atoms with Crippen LogP contribution in [0.25, 0.3) is 0 Å². The van der Waals surface area contributed by atoms with E-state index in [4.69, 9.17) is 5.11 Å². The van der Waals surface area contributed by atoms with Crippen LogP contribution in [0.2, 0.25) is 0 Å². The number of hydrogen-bond acceptors (Lipinski definition) is 4. The van der Waals surface area contributed by atoms with Gasteiger partial charge >= 0.3 is 0 Å². The van der Waals surface area contributed by atoms with Crippen LogP contribution < -0.4 is 5.32 Å². The van der Waals surface area contributed by atoms with Gasteiger partial charge in [0.2, 0.25) is 0 Å². The number of carbonyl (C=O) groups excluding carboxylic acids is 1. The van der Waals surface area contributed by atoms with Gasteiger partial charge in [0.15, 0.2) is 0 Å². The van der Waals surface area contributed by atoms with Crippen molar-refractivity contribution in [3.8, 4) is 0 Å². The molecule has 0 bridgehead atoms. The van der Waals surface area contributed by atoms with Crippen molar-refractivity contribution in [1.82, 2.24) is 9.88 Å². The third kappa shape index (κ3) is 3.48. The molecule has 1 aromatic rings. The number of nitrogens with one attached hydrogen (secondary N) is 1. The summed E-state index contributed by atoms with van der Waals surface area (Å²) >= 11 is 0. The molecule has 1 saturated heterocycles. The quantitative estimate of drug-likeness (QED) is 0.833. The van der Waals surface area contributed by atoms with E-state index >= 15 is 0 Å². The third-order valence-electron chi connectivity index (χ3n) is 3.66. The van der Waals surface area contributed by atoms with E-state index in [2.05, 4.69) is 10.3 Å². The van der Waals surface area contributed by atoms with Crippen LogP contribution in [0, 0.1) is 0 Å². The van der Waals surface area contributed by atoms with Gasteiger partial charge in [-0.2, -0.15) is 0 Å². The highest BCUT2D eigenvalue weighted by Crippen LogP contribution is 2.23. The van der Waals surface area contributed by atoms with E-state index in [0.717, 1.165) is 44.6 Å². The van der Waals surface area contributed by atoms with Crippen molar-refractivity contribution in [2.75, 3.05) is 25.0 Å². The number of pyridine rings is 1. The molecule has 0 aromatic carbocycles. The van der Waals surface area contributed by atoms with E-state index in [1.54, 1.807) is 6.07 Å². The zero-order chi connectivity index (χ0) is 14.4. The first-order valence-corrected chi connectivity index (χ1v) is 7.39. The molecular formula is C15H23N3O2. The molecule has 1 fully saturated rings. The first-order chi connectivity index (χ1) is 9.76. The minimum absolute atomic E-state index is 0.00481. The van der Waals surface area contributed by atoms with Gasteiger partial charge in [0.05, 0.1) is 0 Å². The molecule has 1 aliphatic rings. The number of aliphatic hydroxyl groups excluding tert-OH is 1. The van der Waals surface area contributed by atoms with E-state index < -0.39 is 0 Å². The van der Waals surface area contributed by atoms with E-state index in [9.17, 15) is 4.79 Å². The number of aromatic nitrogens is 1. The summed E-state index contributed by atoms with van der Waals surface area (Å²) < 4.78 is 0. The number of carbonyl (C=O) groups is 1. The molecule has 1 aromatic heterocycles. The standard InChI is InChI=1S/C15H23N3O2/c1-2-16-14-9-3-8-13(17-14)15(20)18-10-4-6-12(18)7-5-11-19/h3,8-9,12,19H,2,4-7,10-11H2,1H3,(H,16,17). The molecule has 0 aliphatic carbocycles. The molecular weight excluding hydrogens is 254 g/mol. The van der Waals surface area contributed by atoms with Crippen molar-refractivity contribution in [1.29, 1.82) is 0 Å². The summed E-state index contributed by atoms with van der Waals surface area (Å²) in [6.45, 7) is 3.77. The smallest absolute Gasteiger partial charge is 0.272 e. The maximum absolute atomic E-state index is 12.6. The Labute approximate surface area is 120 Å². The van der Waals surface area contributed by atoms with Crippen molar-refractivity contribution < 1.29 is 9.90 Å². The summed E-state index contributed by atoms with van der Waals surface area (Å²) in [5.41, 5.74) is 0.499. The van der Waals surface area contributed by atoms with Gasteiger partial charge < -0.3 is 15.3 Å². The Balaban J connectivity index is 2.07. The number of aliphatic hydroxyl groups is 1. The molecule has 1 unspecified atom stereocenters. The van der Waals surface area contributed by atoms with Gasteiger partial charge in [-0.15, -0.1) is 0 Å². The number of anilines is 1. The molecule has 5 heteroatoms. The normalized spacial score (nSPS) is 18.3. The summed E-state index contributed by atoms with van der Waals surface area (Å²) in [7, 11) is 0. The van der Waals surface area contributed by atoms with Gasteiger partial charge in [-0.1, -0.05) is 6.07 Å². The predicted octanol–water partition coefficient (Wildman–Crippen LogP) is 1.89. The Bertz CT molecular complexity index is 450. The van der Waals surface area contributed by atoms with Crippen LogP contribution in [-0.4, -0.2) is 46.6 Å². The lowest BCUT2D eigenvalue weighted by Gasteiger charge is -2.24. The van der Waals surface area contributed by atoms with Gasteiger partial charge in [0.1, 0.15) is 11.5 Å². The molecule has 0 saturated carbocycles. The van der Waals surface area contributed by atoms with Crippen LogP contribution in [0.4, 0.5) is 5.82 Å². The highest BCUT2D eigenvalue weighted by molar-refractivity contribution is 5.93. The van der Waals surface area contributed by atoms with E-state index in [0.29, 0.717) is 5.69 Å². The fraction of sp³-hybridized carbons (Fsp3) is 0.600. The number of likely N-dealkylation sites (tertiary alicyclic amines) is 1. The van der Waals surface area contributed by atoms with Crippen molar-refractivity contribution >= 4 is 11.7 Å². The Kier molecular flexibility index (Phi) is 5.35. The molecule has 1 aliphatic heterocycles. The Hall–Kier alpha value is -1.62. The summed E-state index contributed by atoms with van der Waals surface area (Å²) in [4.78, 5) is 18.8. The van der Waals surface area contributed by atoms with Crippen molar-refractivity contribution in [3.05, 3.63) is 23.9 Å². The summed E-state index contributed by atoms with van der Waals surface area (Å²) in [6, 6.07) is 5.74. The highest BCUT2D eigenvalue weighted by Gasteiger charge is 2.29. The second kappa shape index (κ2) is 7.24. The fourth-order valence-corrected chi connectivity index (χ4v) is 2.71. The second-order valence-corrected chi connectivity index (χ2v) is 5.10. The van der Waals surface area contributed by atoms with Crippen LogP contribution >= 0.6 is 0 Å². The first-order valence-electron chi connectivity index (χ1n) is 7.39. The predicted molar refractivity (Wildman–Crippen MR) is 78.8 cm³/mol. The van der Waals surface area contributed by atoms with E-state index in [-0.39, 0.29) is 18.6 Å². The van der Waals surface area contributed by atoms with Crippen LogP contribution in [0.1, 0.15) is 43.1 Å². The maximum atomic E-state index is 12.6. The molecule has 20 heavy (non-hydrogen) atoms. The topological polar surface area (TPSA) is 65.5 Å². The molecule has 0 radical (unpaired) electrons. The Morgan fingerprint density at radius 2 is 2.40 bits per heavy atom. The largest absolute Gasteiger partial charge is 0.396 e. The summed E-state index contributed by atoms with van der Waals surface area (Å²) in [6.07, 6.45) is 3.68. The van der Waals surface area contributed by atoms with E-state index in [1.165, 1.54) is 0 Å². The highest BCUT2D eigenvalue weighted by atomic mass is 16.3. The zero-order valence-electron chi connectivity index (χ0n) is 12.0. The average molecular weight is 277 g/mol. The fourth-order valence-electron chi connectivity index (χ4n) is 2.71. The van der Waals surface area contributed by atoms with Gasteiger partial charge in [0, 0.05) is 25.7 Å².